The molecule has 0 unspecified atom stereocenters. The van der Waals surface area contributed by atoms with Gasteiger partial charge in [0.2, 0.25) is 0 Å². The van der Waals surface area contributed by atoms with Gasteiger partial charge < -0.3 is 4.90 Å². The molecule has 0 bridgehead atoms. The summed E-state index contributed by atoms with van der Waals surface area (Å²) in [6.07, 6.45) is 2.76. The fourth-order valence-electron chi connectivity index (χ4n) is 4.48. The zero-order valence-electron chi connectivity index (χ0n) is 19.0. The molecule has 7 heteroatoms. The molecule has 0 spiro atoms. The predicted octanol–water partition coefficient (Wildman–Crippen LogP) is 3.58. The predicted molar refractivity (Wildman–Crippen MR) is 128 cm³/mol. The molecule has 0 saturated heterocycles. The average Bonchev–Trinajstić information content (AvgIpc) is 3.44. The van der Waals surface area contributed by atoms with Crippen LogP contribution in [-0.4, -0.2) is 56.3 Å². The fourth-order valence-corrected chi connectivity index (χ4v) is 4.48. The lowest BCUT2D eigenvalue weighted by Gasteiger charge is -2.28. The molecule has 7 nitrogen and oxygen atoms in total. The number of amides is 1. The van der Waals surface area contributed by atoms with E-state index in [2.05, 4.69) is 39.4 Å². The number of rotatable bonds is 6. The van der Waals surface area contributed by atoms with Gasteiger partial charge in [0.15, 0.2) is 5.69 Å². The zero-order chi connectivity index (χ0) is 22.8. The first kappa shape index (κ1) is 21.2. The lowest BCUT2D eigenvalue weighted by atomic mass is 10.0. The maximum Gasteiger partial charge on any atom is 0.274 e. The summed E-state index contributed by atoms with van der Waals surface area (Å²) in [6, 6.07) is 20.5. The third kappa shape index (κ3) is 4.32. The van der Waals surface area contributed by atoms with E-state index in [0.29, 0.717) is 18.8 Å². The van der Waals surface area contributed by atoms with Gasteiger partial charge in [0.1, 0.15) is 0 Å². The third-order valence-electron chi connectivity index (χ3n) is 6.17. The van der Waals surface area contributed by atoms with Crippen molar-refractivity contribution in [2.45, 2.75) is 26.1 Å². The molecule has 0 fully saturated rings. The number of H-pyrrole nitrogens is 1. The number of benzene rings is 2. The number of nitrogens with zero attached hydrogens (tertiary/aromatic N) is 5. The quantitative estimate of drug-likeness (QED) is 0.498. The van der Waals surface area contributed by atoms with Crippen LogP contribution in [0.5, 0.6) is 0 Å². The minimum Gasteiger partial charge on any atom is -0.343 e. The van der Waals surface area contributed by atoms with E-state index in [1.807, 2.05) is 47.3 Å². The van der Waals surface area contributed by atoms with Crippen molar-refractivity contribution in [2.75, 3.05) is 20.6 Å². The van der Waals surface area contributed by atoms with Gasteiger partial charge in [0, 0.05) is 57.0 Å². The van der Waals surface area contributed by atoms with Crippen molar-refractivity contribution in [3.8, 4) is 11.3 Å². The van der Waals surface area contributed by atoms with Crippen LogP contribution in [0.3, 0.4) is 0 Å². The Morgan fingerprint density at radius 1 is 1.03 bits per heavy atom. The highest BCUT2D eigenvalue weighted by molar-refractivity contribution is 5.93. The van der Waals surface area contributed by atoms with Crippen molar-refractivity contribution in [1.29, 1.82) is 0 Å². The van der Waals surface area contributed by atoms with Crippen LogP contribution in [0, 0.1) is 0 Å². The lowest BCUT2D eigenvalue weighted by Crippen LogP contribution is -2.32. The monoisotopic (exact) mass is 440 g/mol. The van der Waals surface area contributed by atoms with Gasteiger partial charge in [-0.1, -0.05) is 60.7 Å². The summed E-state index contributed by atoms with van der Waals surface area (Å²) in [5.41, 5.74) is 7.27. The maximum atomic E-state index is 13.0. The summed E-state index contributed by atoms with van der Waals surface area (Å²) in [6.45, 7) is 3.03. The summed E-state index contributed by atoms with van der Waals surface area (Å²) >= 11 is 0. The molecular formula is C26H28N6O. The molecular weight excluding hydrogens is 412 g/mol. The number of hydrogen-bond acceptors (Lipinski definition) is 4. The second-order valence-electron chi connectivity index (χ2n) is 8.71. The second kappa shape index (κ2) is 9.03. The van der Waals surface area contributed by atoms with Gasteiger partial charge in [-0.3, -0.25) is 19.5 Å². The summed E-state index contributed by atoms with van der Waals surface area (Å²) in [7, 11) is 3.56. The van der Waals surface area contributed by atoms with E-state index < -0.39 is 0 Å². The van der Waals surface area contributed by atoms with Crippen molar-refractivity contribution in [3.63, 3.8) is 0 Å². The summed E-state index contributed by atoms with van der Waals surface area (Å²) in [5.74, 6) is -0.0480. The molecule has 1 amide bonds. The van der Waals surface area contributed by atoms with Gasteiger partial charge in [-0.15, -0.1) is 0 Å². The van der Waals surface area contributed by atoms with Crippen LogP contribution in [0.15, 0.2) is 66.9 Å². The summed E-state index contributed by atoms with van der Waals surface area (Å²) in [5, 5.41) is 12.2. The number of aromatic nitrogens is 4. The van der Waals surface area contributed by atoms with Crippen LogP contribution < -0.4 is 0 Å². The molecule has 2 aromatic carbocycles. The van der Waals surface area contributed by atoms with Gasteiger partial charge in [-0.05, 0) is 11.1 Å². The molecule has 0 radical (unpaired) electrons. The van der Waals surface area contributed by atoms with Gasteiger partial charge in [0.25, 0.3) is 5.91 Å². The number of hydrogen-bond donors (Lipinski definition) is 1. The van der Waals surface area contributed by atoms with Crippen LogP contribution in [0.25, 0.3) is 11.3 Å². The van der Waals surface area contributed by atoms with Crippen molar-refractivity contribution in [2.24, 2.45) is 0 Å². The molecule has 0 saturated carbocycles. The minimum absolute atomic E-state index is 0.0480. The van der Waals surface area contributed by atoms with E-state index in [1.165, 1.54) is 5.56 Å². The zero-order valence-corrected chi connectivity index (χ0v) is 19.0. The molecule has 4 aromatic rings. The number of aromatic amines is 1. The molecule has 0 aliphatic carbocycles. The molecule has 1 aliphatic heterocycles. The first-order chi connectivity index (χ1) is 16.1. The SMILES string of the molecule is CN(C)C(=O)c1nn(Cc2ccccc2)c2c1CN(Cc1cn[nH]c1-c1ccccc1)CC2. The Bertz CT molecular complexity index is 1240. The first-order valence-corrected chi connectivity index (χ1v) is 11.2. The average molecular weight is 441 g/mol. The minimum atomic E-state index is -0.0480. The van der Waals surface area contributed by atoms with Gasteiger partial charge >= 0.3 is 0 Å². The normalized spacial score (nSPS) is 13.6. The fraction of sp³-hybridized carbons (Fsp3) is 0.269. The Morgan fingerprint density at radius 2 is 1.76 bits per heavy atom. The van der Waals surface area contributed by atoms with Crippen molar-refractivity contribution in [1.82, 2.24) is 29.8 Å². The van der Waals surface area contributed by atoms with E-state index in [4.69, 9.17) is 5.10 Å². The van der Waals surface area contributed by atoms with E-state index >= 15 is 0 Å². The van der Waals surface area contributed by atoms with Gasteiger partial charge in [-0.2, -0.15) is 10.2 Å². The van der Waals surface area contributed by atoms with Crippen LogP contribution in [0.2, 0.25) is 0 Å². The van der Waals surface area contributed by atoms with E-state index in [-0.39, 0.29) is 5.91 Å². The number of carbonyl (C=O) groups is 1. The van der Waals surface area contributed by atoms with Crippen molar-refractivity contribution in [3.05, 3.63) is 94.9 Å². The smallest absolute Gasteiger partial charge is 0.274 e. The highest BCUT2D eigenvalue weighted by Crippen LogP contribution is 2.28. The Morgan fingerprint density at radius 3 is 2.48 bits per heavy atom. The number of carbonyl (C=O) groups excluding carboxylic acids is 1. The Labute approximate surface area is 193 Å². The highest BCUT2D eigenvalue weighted by Gasteiger charge is 2.29. The molecule has 0 atom stereocenters. The van der Waals surface area contributed by atoms with Crippen LogP contribution in [0.1, 0.15) is 32.9 Å². The molecule has 2 aromatic heterocycles. The molecule has 3 heterocycles. The van der Waals surface area contributed by atoms with E-state index in [0.717, 1.165) is 47.6 Å². The standard InChI is InChI=1S/C26H28N6O/c1-30(2)26(33)25-22-18-31(17-21-15-27-28-24(21)20-11-7-4-8-12-20)14-13-23(22)32(29-25)16-19-9-5-3-6-10-19/h3-12,15H,13-14,16-18H2,1-2H3,(H,27,28). The van der Waals surface area contributed by atoms with Gasteiger partial charge in [0.05, 0.1) is 18.4 Å². The summed E-state index contributed by atoms with van der Waals surface area (Å²) in [4.78, 5) is 16.9. The largest absolute Gasteiger partial charge is 0.343 e. The van der Waals surface area contributed by atoms with E-state index in [9.17, 15) is 4.79 Å². The third-order valence-corrected chi connectivity index (χ3v) is 6.17. The highest BCUT2D eigenvalue weighted by atomic mass is 16.2. The molecule has 33 heavy (non-hydrogen) atoms. The van der Waals surface area contributed by atoms with Crippen molar-refractivity contribution < 1.29 is 4.79 Å². The van der Waals surface area contributed by atoms with E-state index in [1.54, 1.807) is 19.0 Å². The Kier molecular flexibility index (Phi) is 5.79. The maximum absolute atomic E-state index is 13.0. The summed E-state index contributed by atoms with van der Waals surface area (Å²) < 4.78 is 2.02. The Balaban J connectivity index is 1.43. The Hall–Kier alpha value is -3.71. The molecule has 1 aliphatic rings. The topological polar surface area (TPSA) is 70.1 Å². The van der Waals surface area contributed by atoms with Crippen molar-refractivity contribution >= 4 is 5.91 Å². The lowest BCUT2D eigenvalue weighted by molar-refractivity contribution is 0.0818. The second-order valence-corrected chi connectivity index (χ2v) is 8.71. The molecule has 1 N–H and O–H groups in total. The molecule has 168 valence electrons. The van der Waals surface area contributed by atoms with Crippen LogP contribution in [0.4, 0.5) is 0 Å². The first-order valence-electron chi connectivity index (χ1n) is 11.2. The van der Waals surface area contributed by atoms with Crippen LogP contribution in [-0.2, 0) is 26.1 Å². The number of fused-ring (bicyclic) bond motifs is 1. The number of nitrogens with one attached hydrogen (secondary N) is 1. The van der Waals surface area contributed by atoms with Gasteiger partial charge in [-0.25, -0.2) is 0 Å². The molecule has 5 rings (SSSR count). The van der Waals surface area contributed by atoms with Crippen LogP contribution >= 0.6 is 0 Å².